The number of nitrogens with zero attached hydrogens (tertiary/aromatic N) is 4. The fourth-order valence-corrected chi connectivity index (χ4v) is 3.09. The first kappa shape index (κ1) is 21.6. The number of hydrazone groups is 1. The topological polar surface area (TPSA) is 65.4 Å². The normalized spacial score (nSPS) is 14.3. The molecule has 1 aliphatic rings. The van der Waals surface area contributed by atoms with Gasteiger partial charge in [-0.05, 0) is 35.4 Å². The van der Waals surface area contributed by atoms with Crippen molar-refractivity contribution < 1.29 is 14.3 Å². The summed E-state index contributed by atoms with van der Waals surface area (Å²) in [5.41, 5.74) is 2.03. The van der Waals surface area contributed by atoms with E-state index in [1.54, 1.807) is 40.4 Å². The number of ether oxygens (including phenoxy) is 1. The highest BCUT2D eigenvalue weighted by atomic mass is 35.5. The molecule has 7 nitrogen and oxygen atoms in total. The first-order valence-electron chi connectivity index (χ1n) is 9.65. The Hall–Kier alpha value is -3.06. The molecular weight excluding hydrogens is 404 g/mol. The van der Waals surface area contributed by atoms with Crippen molar-refractivity contribution in [1.29, 1.82) is 0 Å². The largest absolute Gasteiger partial charge is 0.484 e. The Labute approximate surface area is 181 Å². The number of rotatable bonds is 7. The summed E-state index contributed by atoms with van der Waals surface area (Å²) in [6, 6.07) is 14.7. The predicted molar refractivity (Wildman–Crippen MR) is 117 cm³/mol. The van der Waals surface area contributed by atoms with Crippen LogP contribution in [0.2, 0.25) is 5.02 Å². The maximum absolute atomic E-state index is 12.5. The molecule has 1 fully saturated rings. The number of halogens is 1. The van der Waals surface area contributed by atoms with Gasteiger partial charge in [-0.2, -0.15) is 5.10 Å². The molecule has 0 unspecified atom stereocenters. The van der Waals surface area contributed by atoms with Crippen molar-refractivity contribution in [3.05, 3.63) is 64.7 Å². The van der Waals surface area contributed by atoms with Gasteiger partial charge in [-0.25, -0.2) is 0 Å². The number of amides is 2. The van der Waals surface area contributed by atoms with Crippen LogP contribution in [-0.2, 0) is 16.1 Å². The SMILES string of the molecule is CN(C)N=Cc1ccc(CN2CCN(C(=O)COc3ccc(Cl)cc3)CC2=O)cc1. The minimum absolute atomic E-state index is 0.0659. The van der Waals surface area contributed by atoms with E-state index in [1.165, 1.54) is 4.90 Å². The molecule has 0 radical (unpaired) electrons. The van der Waals surface area contributed by atoms with Crippen LogP contribution in [0.1, 0.15) is 11.1 Å². The molecule has 2 aromatic carbocycles. The van der Waals surface area contributed by atoms with Crippen LogP contribution in [0.5, 0.6) is 5.75 Å². The molecule has 0 saturated carbocycles. The van der Waals surface area contributed by atoms with Gasteiger partial charge in [-0.15, -0.1) is 0 Å². The summed E-state index contributed by atoms with van der Waals surface area (Å²) in [7, 11) is 3.73. The van der Waals surface area contributed by atoms with E-state index in [9.17, 15) is 9.59 Å². The molecule has 3 rings (SSSR count). The number of hydrogen-bond donors (Lipinski definition) is 0. The van der Waals surface area contributed by atoms with Gasteiger partial charge in [-0.3, -0.25) is 9.59 Å². The fraction of sp³-hybridized carbons (Fsp3) is 0.318. The second-order valence-electron chi connectivity index (χ2n) is 7.21. The number of piperazine rings is 1. The van der Waals surface area contributed by atoms with Crippen LogP contribution in [0.3, 0.4) is 0 Å². The van der Waals surface area contributed by atoms with E-state index in [-0.39, 0.29) is 25.0 Å². The van der Waals surface area contributed by atoms with E-state index < -0.39 is 0 Å². The number of carbonyl (C=O) groups excluding carboxylic acids is 2. The lowest BCUT2D eigenvalue weighted by molar-refractivity contribution is -0.146. The number of carbonyl (C=O) groups is 2. The molecule has 0 N–H and O–H groups in total. The van der Waals surface area contributed by atoms with Crippen LogP contribution in [-0.4, -0.2) is 73.2 Å². The fourth-order valence-electron chi connectivity index (χ4n) is 2.97. The molecule has 0 bridgehead atoms. The second-order valence-corrected chi connectivity index (χ2v) is 7.64. The van der Waals surface area contributed by atoms with E-state index in [4.69, 9.17) is 16.3 Å². The highest BCUT2D eigenvalue weighted by Crippen LogP contribution is 2.16. The highest BCUT2D eigenvalue weighted by Gasteiger charge is 2.27. The van der Waals surface area contributed by atoms with Gasteiger partial charge in [0.15, 0.2) is 6.61 Å². The Bertz CT molecular complexity index is 898. The van der Waals surface area contributed by atoms with Crippen LogP contribution in [0.4, 0.5) is 0 Å². The quantitative estimate of drug-likeness (QED) is 0.502. The zero-order valence-electron chi connectivity index (χ0n) is 17.1. The van der Waals surface area contributed by atoms with Gasteiger partial charge in [0.1, 0.15) is 5.75 Å². The van der Waals surface area contributed by atoms with Gasteiger partial charge in [-0.1, -0.05) is 35.9 Å². The zero-order chi connectivity index (χ0) is 21.5. The van der Waals surface area contributed by atoms with Gasteiger partial charge in [0, 0.05) is 38.8 Å². The monoisotopic (exact) mass is 428 g/mol. The Morgan fingerprint density at radius 3 is 2.47 bits per heavy atom. The third-order valence-corrected chi connectivity index (χ3v) is 4.89. The second kappa shape index (κ2) is 10.1. The molecule has 1 aliphatic heterocycles. The summed E-state index contributed by atoms with van der Waals surface area (Å²) in [5, 5.41) is 6.54. The lowest BCUT2D eigenvalue weighted by atomic mass is 10.1. The summed E-state index contributed by atoms with van der Waals surface area (Å²) < 4.78 is 5.49. The summed E-state index contributed by atoms with van der Waals surface area (Å²) in [5.74, 6) is 0.290. The van der Waals surface area contributed by atoms with E-state index in [0.717, 1.165) is 11.1 Å². The minimum Gasteiger partial charge on any atom is -0.484 e. The predicted octanol–water partition coefficient (Wildman–Crippen LogP) is 2.49. The first-order chi connectivity index (χ1) is 14.4. The van der Waals surface area contributed by atoms with Crippen LogP contribution < -0.4 is 4.74 Å². The summed E-state index contributed by atoms with van der Waals surface area (Å²) in [6.45, 7) is 1.46. The molecule has 30 heavy (non-hydrogen) atoms. The van der Waals surface area contributed by atoms with Crippen molar-refractivity contribution in [3.63, 3.8) is 0 Å². The first-order valence-corrected chi connectivity index (χ1v) is 10.0. The Morgan fingerprint density at radius 1 is 1.13 bits per heavy atom. The standard InChI is InChI=1S/C22H25ClN4O3/c1-25(2)24-13-17-3-5-18(6-4-17)14-26-11-12-27(15-21(26)28)22(29)16-30-20-9-7-19(23)8-10-20/h3-10,13H,11-12,14-16H2,1-2H3. The van der Waals surface area contributed by atoms with Gasteiger partial charge in [0.05, 0.1) is 12.8 Å². The van der Waals surface area contributed by atoms with Crippen LogP contribution in [0, 0.1) is 0 Å². The average Bonchev–Trinajstić information content (AvgIpc) is 2.74. The van der Waals surface area contributed by atoms with Gasteiger partial charge in [0.2, 0.25) is 5.91 Å². The van der Waals surface area contributed by atoms with E-state index in [0.29, 0.717) is 30.4 Å². The average molecular weight is 429 g/mol. The maximum Gasteiger partial charge on any atom is 0.261 e. The number of hydrogen-bond acceptors (Lipinski definition) is 5. The molecule has 2 aromatic rings. The molecule has 158 valence electrons. The summed E-state index contributed by atoms with van der Waals surface area (Å²) >= 11 is 5.84. The molecule has 1 saturated heterocycles. The summed E-state index contributed by atoms with van der Waals surface area (Å²) in [4.78, 5) is 28.2. The lowest BCUT2D eigenvalue weighted by Gasteiger charge is -2.34. The number of benzene rings is 2. The minimum atomic E-state index is -0.206. The van der Waals surface area contributed by atoms with E-state index in [1.807, 2.05) is 38.4 Å². The van der Waals surface area contributed by atoms with Gasteiger partial charge >= 0.3 is 0 Å². The Morgan fingerprint density at radius 2 is 1.83 bits per heavy atom. The zero-order valence-corrected chi connectivity index (χ0v) is 17.9. The third-order valence-electron chi connectivity index (χ3n) is 4.64. The molecule has 0 atom stereocenters. The molecular formula is C22H25ClN4O3. The molecule has 1 heterocycles. The maximum atomic E-state index is 12.5. The van der Waals surface area contributed by atoms with Crippen molar-refractivity contribution in [2.45, 2.75) is 6.54 Å². The van der Waals surface area contributed by atoms with Gasteiger partial charge in [0.25, 0.3) is 5.91 Å². The van der Waals surface area contributed by atoms with Crippen LogP contribution >= 0.6 is 11.6 Å². The molecule has 0 aromatic heterocycles. The van der Waals surface area contributed by atoms with Crippen LogP contribution in [0.25, 0.3) is 0 Å². The molecule has 0 aliphatic carbocycles. The lowest BCUT2D eigenvalue weighted by Crippen LogP contribution is -2.52. The Kier molecular flexibility index (Phi) is 7.30. The van der Waals surface area contributed by atoms with Crippen molar-refractivity contribution >= 4 is 29.6 Å². The smallest absolute Gasteiger partial charge is 0.261 e. The highest BCUT2D eigenvalue weighted by molar-refractivity contribution is 6.30. The van der Waals surface area contributed by atoms with Crippen molar-refractivity contribution in [3.8, 4) is 5.75 Å². The van der Waals surface area contributed by atoms with Gasteiger partial charge < -0.3 is 19.5 Å². The molecule has 2 amide bonds. The van der Waals surface area contributed by atoms with E-state index in [2.05, 4.69) is 5.10 Å². The van der Waals surface area contributed by atoms with Crippen molar-refractivity contribution in [1.82, 2.24) is 14.8 Å². The van der Waals surface area contributed by atoms with Crippen molar-refractivity contribution in [2.24, 2.45) is 5.10 Å². The summed E-state index contributed by atoms with van der Waals surface area (Å²) in [6.07, 6.45) is 1.78. The molecule has 8 heteroatoms. The third kappa shape index (κ3) is 6.22. The van der Waals surface area contributed by atoms with Crippen LogP contribution in [0.15, 0.2) is 53.6 Å². The van der Waals surface area contributed by atoms with E-state index >= 15 is 0 Å². The van der Waals surface area contributed by atoms with Crippen molar-refractivity contribution in [2.75, 3.05) is 40.3 Å². The molecule has 0 spiro atoms. The Balaban J connectivity index is 1.48.